The molecule has 1 heterocycles. The fourth-order valence-electron chi connectivity index (χ4n) is 1.72. The molecule has 0 aliphatic rings. The monoisotopic (exact) mass is 328 g/mol. The molecule has 124 valence electrons. The molecule has 0 atom stereocenters. The van der Waals surface area contributed by atoms with Gasteiger partial charge in [0, 0.05) is 12.3 Å². The number of nitrogens with one attached hydrogen (secondary N) is 1. The number of hydrazone groups is 1. The summed E-state index contributed by atoms with van der Waals surface area (Å²) in [5.74, 6) is 0.374. The molecule has 1 aromatic heterocycles. The Hall–Kier alpha value is -3.42. The third kappa shape index (κ3) is 5.09. The van der Waals surface area contributed by atoms with Gasteiger partial charge >= 0.3 is 12.0 Å². The lowest BCUT2D eigenvalue weighted by atomic mass is 10.2. The molecule has 3 N–H and O–H groups in total. The van der Waals surface area contributed by atoms with Gasteiger partial charge in [0.05, 0.1) is 18.4 Å². The lowest BCUT2D eigenvalue weighted by Crippen LogP contribution is -2.24. The molecule has 0 unspecified atom stereocenters. The first kappa shape index (κ1) is 16.9. The number of benzene rings is 1. The van der Waals surface area contributed by atoms with Gasteiger partial charge in [-0.2, -0.15) is 5.10 Å². The minimum Gasteiger partial charge on any atom is -0.462 e. The Labute approximate surface area is 138 Å². The average Bonchev–Trinajstić information content (AvgIpc) is 2.57. The number of hydrogen-bond donors (Lipinski definition) is 2. The Morgan fingerprint density at radius 2 is 2.04 bits per heavy atom. The first-order valence-corrected chi connectivity index (χ1v) is 7.08. The molecule has 0 aliphatic heterocycles. The maximum Gasteiger partial charge on any atom is 0.338 e. The number of primary amides is 1. The summed E-state index contributed by atoms with van der Waals surface area (Å²) in [7, 11) is 0. The van der Waals surface area contributed by atoms with Gasteiger partial charge in [0.1, 0.15) is 5.75 Å². The smallest absolute Gasteiger partial charge is 0.338 e. The quantitative estimate of drug-likeness (QED) is 0.478. The van der Waals surface area contributed by atoms with Gasteiger partial charge in [0.25, 0.3) is 0 Å². The van der Waals surface area contributed by atoms with Crippen molar-refractivity contribution < 1.29 is 19.1 Å². The van der Waals surface area contributed by atoms with Crippen LogP contribution in [0.15, 0.2) is 47.7 Å². The van der Waals surface area contributed by atoms with E-state index in [4.69, 9.17) is 15.2 Å². The van der Waals surface area contributed by atoms with E-state index in [9.17, 15) is 9.59 Å². The Balaban J connectivity index is 2.03. The molecule has 2 aromatic rings. The van der Waals surface area contributed by atoms with E-state index >= 15 is 0 Å². The zero-order valence-electron chi connectivity index (χ0n) is 12.9. The fraction of sp³-hybridized carbons (Fsp3) is 0.125. The van der Waals surface area contributed by atoms with Gasteiger partial charge < -0.3 is 15.2 Å². The number of nitrogens with zero attached hydrogens (tertiary/aromatic N) is 2. The number of ether oxygens (including phenoxy) is 2. The van der Waals surface area contributed by atoms with Gasteiger partial charge in [0.15, 0.2) is 0 Å². The van der Waals surface area contributed by atoms with Crippen LogP contribution in [0, 0.1) is 0 Å². The highest BCUT2D eigenvalue weighted by atomic mass is 16.5. The third-order valence-electron chi connectivity index (χ3n) is 2.74. The van der Waals surface area contributed by atoms with E-state index in [1.54, 1.807) is 37.3 Å². The van der Waals surface area contributed by atoms with Crippen molar-refractivity contribution in [3.63, 3.8) is 0 Å². The maximum absolute atomic E-state index is 11.7. The van der Waals surface area contributed by atoms with Gasteiger partial charge in [-0.3, -0.25) is 0 Å². The number of rotatable bonds is 6. The fourth-order valence-corrected chi connectivity index (χ4v) is 1.72. The number of aromatic nitrogens is 1. The van der Waals surface area contributed by atoms with Crippen LogP contribution in [0.3, 0.4) is 0 Å². The summed E-state index contributed by atoms with van der Waals surface area (Å²) in [4.78, 5) is 26.2. The molecule has 24 heavy (non-hydrogen) atoms. The van der Waals surface area contributed by atoms with E-state index in [1.165, 1.54) is 18.5 Å². The van der Waals surface area contributed by atoms with Crippen molar-refractivity contribution in [1.29, 1.82) is 0 Å². The molecule has 0 aliphatic carbocycles. The molecule has 8 nitrogen and oxygen atoms in total. The highest BCUT2D eigenvalue weighted by Gasteiger charge is 2.08. The second-order valence-electron chi connectivity index (χ2n) is 4.51. The van der Waals surface area contributed by atoms with Crippen LogP contribution >= 0.6 is 0 Å². The normalized spacial score (nSPS) is 10.4. The van der Waals surface area contributed by atoms with E-state index in [1.807, 2.05) is 0 Å². The van der Waals surface area contributed by atoms with Crippen molar-refractivity contribution in [2.24, 2.45) is 10.8 Å². The summed E-state index contributed by atoms with van der Waals surface area (Å²) >= 11 is 0. The number of carbonyl (C=O) groups is 2. The van der Waals surface area contributed by atoms with E-state index < -0.39 is 12.0 Å². The maximum atomic E-state index is 11.7. The molecular formula is C16H16N4O4. The predicted octanol–water partition coefficient (Wildman–Crippen LogP) is 2.05. The summed E-state index contributed by atoms with van der Waals surface area (Å²) in [6, 6.07) is 9.18. The summed E-state index contributed by atoms with van der Waals surface area (Å²) < 4.78 is 10.5. The van der Waals surface area contributed by atoms with Crippen molar-refractivity contribution in [3.05, 3.63) is 53.7 Å². The van der Waals surface area contributed by atoms with Crippen molar-refractivity contribution in [2.45, 2.75) is 6.92 Å². The number of hydrogen-bond acceptors (Lipinski definition) is 6. The van der Waals surface area contributed by atoms with E-state index in [0.717, 1.165) is 5.56 Å². The molecule has 0 fully saturated rings. The minimum atomic E-state index is -0.737. The van der Waals surface area contributed by atoms with Gasteiger partial charge in [-0.1, -0.05) is 0 Å². The van der Waals surface area contributed by atoms with Crippen LogP contribution < -0.4 is 15.9 Å². The molecule has 0 spiro atoms. The van der Waals surface area contributed by atoms with Crippen LogP contribution in [0.25, 0.3) is 0 Å². The van der Waals surface area contributed by atoms with Crippen LogP contribution in [-0.4, -0.2) is 29.8 Å². The molecule has 0 saturated carbocycles. The Morgan fingerprint density at radius 3 is 2.71 bits per heavy atom. The minimum absolute atomic E-state index is 0.275. The number of nitrogens with two attached hydrogens (primary N) is 1. The first-order chi connectivity index (χ1) is 11.6. The molecular weight excluding hydrogens is 312 g/mol. The summed E-state index contributed by atoms with van der Waals surface area (Å²) in [5, 5.41) is 3.65. The number of urea groups is 1. The van der Waals surface area contributed by atoms with E-state index in [2.05, 4.69) is 15.5 Å². The topological polar surface area (TPSA) is 116 Å². The molecule has 2 rings (SSSR count). The molecule has 0 saturated heterocycles. The first-order valence-electron chi connectivity index (χ1n) is 7.08. The number of amides is 2. The van der Waals surface area contributed by atoms with Crippen LogP contribution in [0.2, 0.25) is 0 Å². The zero-order chi connectivity index (χ0) is 17.4. The van der Waals surface area contributed by atoms with Crippen molar-refractivity contribution in [3.8, 4) is 11.6 Å². The van der Waals surface area contributed by atoms with Gasteiger partial charge in [0.2, 0.25) is 5.88 Å². The number of pyridine rings is 1. The second-order valence-corrected chi connectivity index (χ2v) is 4.51. The third-order valence-corrected chi connectivity index (χ3v) is 2.74. The van der Waals surface area contributed by atoms with Crippen LogP contribution in [0.5, 0.6) is 11.6 Å². The van der Waals surface area contributed by atoms with Gasteiger partial charge in [-0.15, -0.1) is 0 Å². The van der Waals surface area contributed by atoms with Crippen LogP contribution in [0.1, 0.15) is 22.8 Å². The molecule has 0 bridgehead atoms. The SMILES string of the molecule is CCOC(=O)c1ccnc(Oc2ccc(C=NNC(N)=O)cc2)c1. The van der Waals surface area contributed by atoms with Gasteiger partial charge in [-0.05, 0) is 42.8 Å². The Bertz CT molecular complexity index is 744. The van der Waals surface area contributed by atoms with E-state index in [0.29, 0.717) is 17.9 Å². The second kappa shape index (κ2) is 8.28. The van der Waals surface area contributed by atoms with Crippen molar-refractivity contribution in [2.75, 3.05) is 6.61 Å². The van der Waals surface area contributed by atoms with Crippen LogP contribution in [-0.2, 0) is 4.74 Å². The molecule has 0 radical (unpaired) electrons. The van der Waals surface area contributed by atoms with Gasteiger partial charge in [-0.25, -0.2) is 20.0 Å². The standard InChI is InChI=1S/C16H16N4O4/c1-2-23-15(21)12-7-8-18-14(9-12)24-13-5-3-11(4-6-13)10-19-20-16(17)22/h3-10H,2H2,1H3,(H3,17,20,22). The van der Waals surface area contributed by atoms with Crippen LogP contribution in [0.4, 0.5) is 4.79 Å². The Morgan fingerprint density at radius 1 is 1.29 bits per heavy atom. The lowest BCUT2D eigenvalue weighted by Gasteiger charge is -2.06. The number of carbonyl (C=O) groups excluding carboxylic acids is 2. The number of esters is 1. The van der Waals surface area contributed by atoms with Crippen molar-refractivity contribution >= 4 is 18.2 Å². The van der Waals surface area contributed by atoms with E-state index in [-0.39, 0.29) is 5.88 Å². The predicted molar refractivity (Wildman–Crippen MR) is 87.0 cm³/mol. The summed E-state index contributed by atoms with van der Waals surface area (Å²) in [6.45, 7) is 2.03. The molecule has 2 amide bonds. The summed E-state index contributed by atoms with van der Waals surface area (Å²) in [5.41, 5.74) is 8.10. The Kier molecular flexibility index (Phi) is 5.84. The average molecular weight is 328 g/mol. The summed E-state index contributed by atoms with van der Waals surface area (Å²) in [6.07, 6.45) is 2.91. The highest BCUT2D eigenvalue weighted by Crippen LogP contribution is 2.20. The largest absolute Gasteiger partial charge is 0.462 e. The molecule has 1 aromatic carbocycles. The lowest BCUT2D eigenvalue weighted by molar-refractivity contribution is 0.0525. The molecule has 8 heteroatoms. The zero-order valence-corrected chi connectivity index (χ0v) is 12.9. The highest BCUT2D eigenvalue weighted by molar-refractivity contribution is 5.89. The van der Waals surface area contributed by atoms with Crippen molar-refractivity contribution in [1.82, 2.24) is 10.4 Å².